The van der Waals surface area contributed by atoms with Gasteiger partial charge in [0.15, 0.2) is 0 Å². The van der Waals surface area contributed by atoms with Gasteiger partial charge in [-0.25, -0.2) is 0 Å². The van der Waals surface area contributed by atoms with Gasteiger partial charge < -0.3 is 4.74 Å². The van der Waals surface area contributed by atoms with Crippen molar-refractivity contribution in [3.05, 3.63) is 74.3 Å². The van der Waals surface area contributed by atoms with E-state index in [4.69, 9.17) is 16.3 Å². The highest BCUT2D eigenvalue weighted by Gasteiger charge is 2.28. The van der Waals surface area contributed by atoms with Crippen LogP contribution in [0.25, 0.3) is 0 Å². The molecule has 1 unspecified atom stereocenters. The third kappa shape index (κ3) is 3.55. The van der Waals surface area contributed by atoms with Gasteiger partial charge >= 0.3 is 5.97 Å². The zero-order valence-corrected chi connectivity index (χ0v) is 14.2. The Morgan fingerprint density at radius 3 is 2.88 bits per heavy atom. The van der Waals surface area contributed by atoms with Crippen molar-refractivity contribution in [2.75, 3.05) is 5.75 Å². The summed E-state index contributed by atoms with van der Waals surface area (Å²) in [7, 11) is 0. The highest BCUT2D eigenvalue weighted by molar-refractivity contribution is 8.00. The van der Waals surface area contributed by atoms with Crippen LogP contribution in [-0.4, -0.2) is 16.6 Å². The summed E-state index contributed by atoms with van der Waals surface area (Å²) in [6, 6.07) is 12.2. The normalized spacial score (nSPS) is 16.3. The van der Waals surface area contributed by atoms with Crippen molar-refractivity contribution in [1.82, 2.24) is 0 Å². The number of aryl methyl sites for hydroxylation is 1. The first kappa shape index (κ1) is 16.8. The Kier molecular flexibility index (Phi) is 5.06. The summed E-state index contributed by atoms with van der Waals surface area (Å²) in [5.74, 6) is 0.571. The minimum absolute atomic E-state index is 0.0333. The summed E-state index contributed by atoms with van der Waals surface area (Å²) in [6.07, 6.45) is 0.947. The van der Waals surface area contributed by atoms with Crippen molar-refractivity contribution >= 4 is 35.0 Å². The van der Waals surface area contributed by atoms with E-state index in [2.05, 4.69) is 0 Å². The lowest BCUT2D eigenvalue weighted by Crippen LogP contribution is -2.19. The van der Waals surface area contributed by atoms with Gasteiger partial charge in [0.1, 0.15) is 16.9 Å². The molecule has 124 valence electrons. The van der Waals surface area contributed by atoms with Crippen LogP contribution in [0.15, 0.2) is 42.5 Å². The number of fused-ring (bicyclic) bond motifs is 1. The first-order chi connectivity index (χ1) is 11.6. The van der Waals surface area contributed by atoms with Crippen LogP contribution in [0.3, 0.4) is 0 Å². The van der Waals surface area contributed by atoms with Crippen molar-refractivity contribution in [1.29, 1.82) is 0 Å². The number of halogens is 1. The van der Waals surface area contributed by atoms with E-state index in [0.29, 0.717) is 5.56 Å². The smallest absolute Gasteiger partial charge is 0.323 e. The lowest BCUT2D eigenvalue weighted by molar-refractivity contribution is -0.384. The van der Waals surface area contributed by atoms with Gasteiger partial charge in [-0.15, -0.1) is 11.8 Å². The predicted octanol–water partition coefficient (Wildman–Crippen LogP) is 4.32. The largest absolute Gasteiger partial charge is 0.460 e. The monoisotopic (exact) mass is 363 g/mol. The topological polar surface area (TPSA) is 69.4 Å². The predicted molar refractivity (Wildman–Crippen MR) is 93.2 cm³/mol. The van der Waals surface area contributed by atoms with Gasteiger partial charge in [0.2, 0.25) is 0 Å². The number of nitro benzene ring substituents is 1. The van der Waals surface area contributed by atoms with Crippen LogP contribution in [0.1, 0.15) is 21.9 Å². The second-order valence-electron chi connectivity index (χ2n) is 5.35. The van der Waals surface area contributed by atoms with Crippen LogP contribution in [-0.2, 0) is 22.6 Å². The van der Waals surface area contributed by atoms with Crippen LogP contribution < -0.4 is 0 Å². The Balaban J connectivity index is 1.68. The fourth-order valence-electron chi connectivity index (χ4n) is 2.61. The van der Waals surface area contributed by atoms with Crippen LogP contribution in [0.2, 0.25) is 5.02 Å². The number of rotatable bonds is 4. The molecule has 3 rings (SSSR count). The molecule has 1 aliphatic heterocycles. The molecule has 0 aromatic heterocycles. The minimum atomic E-state index is -0.548. The summed E-state index contributed by atoms with van der Waals surface area (Å²) < 4.78 is 5.39. The van der Waals surface area contributed by atoms with Crippen LogP contribution in [0, 0.1) is 10.1 Å². The number of thioether (sulfide) groups is 1. The Morgan fingerprint density at radius 2 is 2.12 bits per heavy atom. The fourth-order valence-corrected chi connectivity index (χ4v) is 4.07. The van der Waals surface area contributed by atoms with E-state index < -0.39 is 4.92 Å². The Labute approximate surface area is 148 Å². The van der Waals surface area contributed by atoms with Crippen molar-refractivity contribution in [3.63, 3.8) is 0 Å². The molecule has 0 bridgehead atoms. The van der Waals surface area contributed by atoms with Crippen molar-refractivity contribution in [3.8, 4) is 0 Å². The van der Waals surface area contributed by atoms with E-state index in [9.17, 15) is 14.9 Å². The number of carbonyl (C=O) groups is 1. The number of esters is 1. The number of ether oxygens (including phenoxy) is 1. The molecular weight excluding hydrogens is 350 g/mol. The molecule has 2 aromatic rings. The van der Waals surface area contributed by atoms with E-state index in [1.807, 2.05) is 24.3 Å². The number of hydrogen-bond acceptors (Lipinski definition) is 5. The summed E-state index contributed by atoms with van der Waals surface area (Å²) >= 11 is 7.44. The Morgan fingerprint density at radius 1 is 1.33 bits per heavy atom. The van der Waals surface area contributed by atoms with Gasteiger partial charge in [-0.05, 0) is 41.0 Å². The molecule has 0 aliphatic carbocycles. The van der Waals surface area contributed by atoms with Crippen LogP contribution in [0.5, 0.6) is 0 Å². The average molecular weight is 364 g/mol. The highest BCUT2D eigenvalue weighted by Crippen LogP contribution is 2.37. The molecule has 0 saturated heterocycles. The molecule has 0 spiro atoms. The van der Waals surface area contributed by atoms with E-state index in [1.54, 1.807) is 17.8 Å². The second kappa shape index (κ2) is 7.23. The number of carbonyl (C=O) groups excluding carboxylic acids is 1. The highest BCUT2D eigenvalue weighted by atomic mass is 35.5. The van der Waals surface area contributed by atoms with Crippen molar-refractivity contribution in [2.45, 2.75) is 18.3 Å². The second-order valence-corrected chi connectivity index (χ2v) is 6.97. The molecular formula is C17H14ClNO4S. The number of nitrogens with zero attached hydrogens (tertiary/aromatic N) is 1. The van der Waals surface area contributed by atoms with Gasteiger partial charge in [-0.3, -0.25) is 14.9 Å². The molecule has 0 radical (unpaired) electrons. The molecule has 1 atom stereocenters. The molecule has 2 aromatic carbocycles. The number of hydrogen-bond donors (Lipinski definition) is 0. The van der Waals surface area contributed by atoms with Crippen molar-refractivity contribution < 1.29 is 14.5 Å². The Bertz CT molecular complexity index is 796. The van der Waals surface area contributed by atoms with Crippen LogP contribution in [0.4, 0.5) is 5.69 Å². The fraction of sp³-hybridized carbons (Fsp3) is 0.235. The Hall–Kier alpha value is -2.05. The molecule has 7 heteroatoms. The molecule has 0 saturated carbocycles. The first-order valence-corrected chi connectivity index (χ1v) is 8.78. The first-order valence-electron chi connectivity index (χ1n) is 7.35. The van der Waals surface area contributed by atoms with Crippen molar-refractivity contribution in [2.24, 2.45) is 0 Å². The molecule has 0 N–H and O–H groups in total. The zero-order chi connectivity index (χ0) is 17.1. The van der Waals surface area contributed by atoms with E-state index in [0.717, 1.165) is 17.7 Å². The lowest BCUT2D eigenvalue weighted by Gasteiger charge is -2.23. The molecule has 0 fully saturated rings. The van der Waals surface area contributed by atoms with E-state index in [-0.39, 0.29) is 28.5 Å². The maximum atomic E-state index is 12.4. The van der Waals surface area contributed by atoms with Gasteiger partial charge in [0.05, 0.1) is 4.92 Å². The molecule has 5 nitrogen and oxygen atoms in total. The number of nitro groups is 1. The average Bonchev–Trinajstić information content (AvgIpc) is 2.59. The molecule has 24 heavy (non-hydrogen) atoms. The molecule has 1 heterocycles. The summed E-state index contributed by atoms with van der Waals surface area (Å²) in [4.78, 5) is 22.6. The van der Waals surface area contributed by atoms with Gasteiger partial charge in [-0.1, -0.05) is 35.9 Å². The standard InChI is InChI=1S/C17H14ClNO4S/c18-14-9-11(5-6-15(14)19(21)22)10-23-17(20)16-13-4-2-1-3-12(13)7-8-24-16/h1-6,9,16H,7-8,10H2. The quantitative estimate of drug-likeness (QED) is 0.459. The van der Waals surface area contributed by atoms with Gasteiger partial charge in [0, 0.05) is 6.07 Å². The van der Waals surface area contributed by atoms with Gasteiger partial charge in [0.25, 0.3) is 5.69 Å². The zero-order valence-electron chi connectivity index (χ0n) is 12.6. The summed E-state index contributed by atoms with van der Waals surface area (Å²) in [5.41, 5.74) is 2.63. The SMILES string of the molecule is O=C(OCc1ccc([N+](=O)[O-])c(Cl)c1)C1SCCc2ccccc21. The third-order valence-corrected chi connectivity index (χ3v) is 5.32. The van der Waals surface area contributed by atoms with Gasteiger partial charge in [-0.2, -0.15) is 0 Å². The summed E-state index contributed by atoms with van der Waals surface area (Å²) in [5, 5.41) is 10.5. The van der Waals surface area contributed by atoms with E-state index in [1.165, 1.54) is 17.7 Å². The van der Waals surface area contributed by atoms with E-state index >= 15 is 0 Å². The number of benzene rings is 2. The lowest BCUT2D eigenvalue weighted by atomic mass is 10.0. The maximum Gasteiger partial charge on any atom is 0.323 e. The van der Waals surface area contributed by atoms with Crippen LogP contribution >= 0.6 is 23.4 Å². The molecule has 1 aliphatic rings. The summed E-state index contributed by atoms with van der Waals surface area (Å²) in [6.45, 7) is 0.0375. The maximum absolute atomic E-state index is 12.4. The third-order valence-electron chi connectivity index (χ3n) is 3.80. The molecule has 0 amide bonds. The minimum Gasteiger partial charge on any atom is -0.460 e.